The minimum Gasteiger partial charge on any atom is -0.386 e. The normalized spacial score (nSPS) is 16.0. The number of pyridine rings is 2. The number of likely N-dealkylation sites (N-methyl/N-ethyl adjacent to an activating group) is 1. The van der Waals surface area contributed by atoms with Crippen molar-refractivity contribution >= 4 is 22.6 Å². The Balaban J connectivity index is 0.00000226. The summed E-state index contributed by atoms with van der Waals surface area (Å²) in [5.74, 6) is 1.39. The summed E-state index contributed by atoms with van der Waals surface area (Å²) >= 11 is 0. The van der Waals surface area contributed by atoms with Crippen LogP contribution in [-0.4, -0.2) is 83.1 Å². The van der Waals surface area contributed by atoms with Crippen LogP contribution in [0, 0.1) is 12.8 Å². The number of anilines is 2. The summed E-state index contributed by atoms with van der Waals surface area (Å²) in [6, 6.07) is 4.13. The van der Waals surface area contributed by atoms with Gasteiger partial charge in [0.25, 0.3) is 0 Å². The Bertz CT molecular complexity index is 1490. The largest absolute Gasteiger partial charge is 0.386 e. The lowest BCUT2D eigenvalue weighted by Crippen LogP contribution is -2.43. The van der Waals surface area contributed by atoms with E-state index in [-0.39, 0.29) is 0 Å². The molecular weight excluding hydrogens is 558 g/mol. The van der Waals surface area contributed by atoms with E-state index in [0.29, 0.717) is 5.92 Å². The van der Waals surface area contributed by atoms with Crippen molar-refractivity contribution in [2.24, 2.45) is 5.92 Å². The summed E-state index contributed by atoms with van der Waals surface area (Å²) in [6.45, 7) is 24.9. The van der Waals surface area contributed by atoms with E-state index in [1.54, 1.807) is 0 Å². The average Bonchev–Trinajstić information content (AvgIpc) is 3.45. The van der Waals surface area contributed by atoms with Gasteiger partial charge in [-0.2, -0.15) is 0 Å². The Morgan fingerprint density at radius 2 is 1.80 bits per heavy atom. The fraction of sp³-hybridized carbons (Fsp3) is 0.417. The van der Waals surface area contributed by atoms with Gasteiger partial charge >= 0.3 is 0 Å². The topological polar surface area (TPSA) is 97.0 Å². The fourth-order valence-electron chi connectivity index (χ4n) is 5.87. The molecule has 0 unspecified atom stereocenters. The highest BCUT2D eigenvalue weighted by Gasteiger charge is 2.23. The maximum atomic E-state index is 5.06. The molecule has 0 atom stereocenters. The van der Waals surface area contributed by atoms with Gasteiger partial charge in [0, 0.05) is 67.5 Å². The second-order valence-corrected chi connectivity index (χ2v) is 11.6. The van der Waals surface area contributed by atoms with Gasteiger partial charge in [-0.15, -0.1) is 0 Å². The quantitative estimate of drug-likeness (QED) is 0.186. The number of hydrogen-bond donors (Lipinski definition) is 4. The van der Waals surface area contributed by atoms with E-state index in [9.17, 15) is 0 Å². The van der Waals surface area contributed by atoms with Gasteiger partial charge in [-0.1, -0.05) is 39.7 Å². The van der Waals surface area contributed by atoms with Crippen LogP contribution in [0.25, 0.3) is 22.5 Å². The first-order valence-corrected chi connectivity index (χ1v) is 16.2. The van der Waals surface area contributed by atoms with Gasteiger partial charge in [-0.25, -0.2) is 4.98 Å². The smallest absolute Gasteiger partial charge is 0.138 e. The third-order valence-electron chi connectivity index (χ3n) is 8.38. The lowest BCUT2D eigenvalue weighted by atomic mass is 9.93. The van der Waals surface area contributed by atoms with Gasteiger partial charge in [-0.3, -0.25) is 9.97 Å². The maximum Gasteiger partial charge on any atom is 0.138 e. The van der Waals surface area contributed by atoms with Crippen LogP contribution in [0.5, 0.6) is 0 Å². The molecule has 0 radical (unpaired) electrons. The van der Waals surface area contributed by atoms with Crippen molar-refractivity contribution in [1.29, 1.82) is 0 Å². The fourth-order valence-corrected chi connectivity index (χ4v) is 5.87. The molecule has 5 heterocycles. The van der Waals surface area contributed by atoms with Crippen LogP contribution < -0.4 is 16.0 Å². The predicted octanol–water partition coefficient (Wildman–Crippen LogP) is 6.39. The molecule has 0 spiro atoms. The minimum absolute atomic E-state index is 0.664. The summed E-state index contributed by atoms with van der Waals surface area (Å²) in [4.78, 5) is 22.5. The monoisotopic (exact) mass is 609 g/mol. The molecule has 0 amide bonds. The van der Waals surface area contributed by atoms with E-state index in [2.05, 4.69) is 87.6 Å². The maximum absolute atomic E-state index is 5.06. The van der Waals surface area contributed by atoms with E-state index in [4.69, 9.17) is 9.97 Å². The van der Waals surface area contributed by atoms with Crippen molar-refractivity contribution in [3.05, 3.63) is 91.1 Å². The molecule has 3 aromatic rings. The summed E-state index contributed by atoms with van der Waals surface area (Å²) < 4.78 is 0. The van der Waals surface area contributed by atoms with Crippen LogP contribution in [0.1, 0.15) is 55.9 Å². The second kappa shape index (κ2) is 16.2. The average molecular weight is 610 g/mol. The van der Waals surface area contributed by atoms with Gasteiger partial charge in [0.2, 0.25) is 0 Å². The predicted molar refractivity (Wildman–Crippen MR) is 190 cm³/mol. The molecule has 2 saturated heterocycles. The molecule has 0 aliphatic carbocycles. The molecule has 2 aliphatic heterocycles. The highest BCUT2D eigenvalue weighted by molar-refractivity contribution is 5.85. The number of imidazole rings is 1. The number of nitrogens with one attached hydrogen (secondary N) is 4. The highest BCUT2D eigenvalue weighted by atomic mass is 15.3. The molecule has 0 aromatic carbocycles. The van der Waals surface area contributed by atoms with Crippen molar-refractivity contribution in [3.63, 3.8) is 0 Å². The van der Waals surface area contributed by atoms with Crippen LogP contribution in [-0.2, 0) is 0 Å². The second-order valence-electron chi connectivity index (χ2n) is 11.6. The van der Waals surface area contributed by atoms with Crippen molar-refractivity contribution in [3.8, 4) is 11.3 Å². The lowest BCUT2D eigenvalue weighted by molar-refractivity contribution is 0.207. The molecule has 9 nitrogen and oxygen atoms in total. The molecule has 0 bridgehead atoms. The number of H-pyrrole nitrogens is 1. The number of allylic oxidation sites excluding steroid dienone is 3. The molecule has 0 saturated carbocycles. The molecular formula is C36H51N9. The zero-order valence-corrected chi connectivity index (χ0v) is 27.8. The Morgan fingerprint density at radius 3 is 2.49 bits per heavy atom. The summed E-state index contributed by atoms with van der Waals surface area (Å²) in [7, 11) is 4.05. The molecule has 3 aromatic heterocycles. The van der Waals surface area contributed by atoms with Crippen molar-refractivity contribution in [2.75, 3.05) is 64.0 Å². The van der Waals surface area contributed by atoms with E-state index in [1.807, 2.05) is 45.6 Å². The first kappa shape index (κ1) is 33.7. The number of nitrogens with zero attached hydrogens (tertiary/aromatic N) is 5. The van der Waals surface area contributed by atoms with Crippen LogP contribution in [0.2, 0.25) is 0 Å². The molecule has 9 heteroatoms. The number of aromatic amines is 1. The number of aryl methyl sites for hydroxylation is 1. The van der Waals surface area contributed by atoms with Crippen molar-refractivity contribution < 1.29 is 0 Å². The van der Waals surface area contributed by atoms with Gasteiger partial charge in [0.1, 0.15) is 11.5 Å². The number of piperazine rings is 1. The molecule has 2 aliphatic rings. The van der Waals surface area contributed by atoms with Crippen LogP contribution >= 0.6 is 0 Å². The van der Waals surface area contributed by atoms with Gasteiger partial charge in [0.05, 0.1) is 35.2 Å². The molecule has 45 heavy (non-hydrogen) atoms. The SMILES string of the molecule is C=C/C=C(\c1nc(C(=C)c2cc(-c3cncc(NC(=C)CC4CCNCC4)c3)ncc2NC)[nH]c1C)N1CCN(C)CC1.CC. The van der Waals surface area contributed by atoms with Gasteiger partial charge in [0.15, 0.2) is 0 Å². The summed E-state index contributed by atoms with van der Waals surface area (Å²) in [5.41, 5.74) is 9.25. The number of aromatic nitrogens is 4. The molecule has 240 valence electrons. The van der Waals surface area contributed by atoms with E-state index in [1.165, 1.54) is 12.8 Å². The highest BCUT2D eigenvalue weighted by Crippen LogP contribution is 2.33. The van der Waals surface area contributed by atoms with Gasteiger partial charge in [-0.05, 0) is 70.5 Å². The summed E-state index contributed by atoms with van der Waals surface area (Å²) in [5, 5.41) is 10.2. The molecule has 4 N–H and O–H groups in total. The molecule has 5 rings (SSSR count). The summed E-state index contributed by atoms with van der Waals surface area (Å²) in [6.07, 6.45) is 12.7. The van der Waals surface area contributed by atoms with Crippen LogP contribution in [0.3, 0.4) is 0 Å². The number of hydrogen-bond acceptors (Lipinski definition) is 8. The third kappa shape index (κ3) is 8.49. The first-order valence-electron chi connectivity index (χ1n) is 16.2. The van der Waals surface area contributed by atoms with Crippen molar-refractivity contribution in [2.45, 2.75) is 40.0 Å². The zero-order valence-electron chi connectivity index (χ0n) is 27.8. The van der Waals surface area contributed by atoms with Crippen molar-refractivity contribution in [1.82, 2.24) is 35.1 Å². The van der Waals surface area contributed by atoms with E-state index >= 15 is 0 Å². The van der Waals surface area contributed by atoms with Crippen LogP contribution in [0.15, 0.2) is 68.3 Å². The number of piperidine rings is 1. The van der Waals surface area contributed by atoms with E-state index in [0.717, 1.165) is 108 Å². The Kier molecular flexibility index (Phi) is 12.1. The minimum atomic E-state index is 0.664. The lowest BCUT2D eigenvalue weighted by Gasteiger charge is -2.35. The number of rotatable bonds is 11. The third-order valence-corrected chi connectivity index (χ3v) is 8.38. The van der Waals surface area contributed by atoms with Gasteiger partial charge < -0.3 is 30.7 Å². The Labute approximate surface area is 269 Å². The Hall–Kier alpha value is -4.21. The Morgan fingerprint density at radius 1 is 1.07 bits per heavy atom. The molecule has 2 fully saturated rings. The zero-order chi connectivity index (χ0) is 32.3. The standard InChI is InChI=1S/C34H45N9.C2H6/c1-7-8-32(43-15-13-42(6)14-16-43)33-25(4)40-34(41-33)24(3)29-19-30(38-22-31(29)35-5)27-18-28(21-37-20-27)39-23(2)17-26-9-11-36-12-10-26;1-2/h7-8,18-22,26,35-36,39H,1-3,9-17H2,4-6H3,(H,40,41);1-2H3/b32-8+;. The van der Waals surface area contributed by atoms with Crippen LogP contribution in [0.4, 0.5) is 11.4 Å². The first-order chi connectivity index (χ1) is 21.9. The van der Waals surface area contributed by atoms with E-state index < -0.39 is 0 Å².